The third-order valence-electron chi connectivity index (χ3n) is 3.83. The molecule has 4 heteroatoms. The molecule has 0 aromatic carbocycles. The van der Waals surface area contributed by atoms with E-state index in [-0.39, 0.29) is 17.1 Å². The van der Waals surface area contributed by atoms with E-state index in [1.54, 1.807) is 0 Å². The second-order valence-electron chi connectivity index (χ2n) is 5.37. The molecule has 2 unspecified atom stereocenters. The van der Waals surface area contributed by atoms with Gasteiger partial charge in [0.05, 0.1) is 18.6 Å². The van der Waals surface area contributed by atoms with Crippen LogP contribution in [-0.4, -0.2) is 36.9 Å². The molecule has 4 nitrogen and oxygen atoms in total. The first-order valence-electron chi connectivity index (χ1n) is 7.04. The molecular formula is C14H27NO3. The Morgan fingerprint density at radius 3 is 2.67 bits per heavy atom. The number of carbonyl (C=O) groups is 1. The van der Waals surface area contributed by atoms with Crippen molar-refractivity contribution in [2.75, 3.05) is 19.8 Å². The molecule has 1 rings (SSSR count). The monoisotopic (exact) mass is 257 g/mol. The Morgan fingerprint density at radius 1 is 1.39 bits per heavy atom. The normalized spacial score (nSPS) is 32.2. The van der Waals surface area contributed by atoms with E-state index in [2.05, 4.69) is 26.1 Å². The van der Waals surface area contributed by atoms with Crippen molar-refractivity contribution < 1.29 is 14.3 Å². The van der Waals surface area contributed by atoms with Crippen LogP contribution in [0, 0.1) is 0 Å². The fourth-order valence-corrected chi connectivity index (χ4v) is 2.80. The highest BCUT2D eigenvalue weighted by Gasteiger charge is 2.43. The molecule has 1 N–H and O–H groups in total. The first kappa shape index (κ1) is 15.4. The van der Waals surface area contributed by atoms with Crippen molar-refractivity contribution >= 4 is 5.97 Å². The average Bonchev–Trinajstić information content (AvgIpc) is 2.29. The highest BCUT2D eigenvalue weighted by atomic mass is 16.5. The Hall–Kier alpha value is -0.610. The first-order chi connectivity index (χ1) is 8.49. The molecule has 18 heavy (non-hydrogen) atoms. The number of hydrogen-bond acceptors (Lipinski definition) is 4. The summed E-state index contributed by atoms with van der Waals surface area (Å²) in [6.07, 6.45) is 3.13. The lowest BCUT2D eigenvalue weighted by atomic mass is 9.77. The first-order valence-corrected chi connectivity index (χ1v) is 7.04. The minimum absolute atomic E-state index is 0.112. The van der Waals surface area contributed by atoms with Gasteiger partial charge in [-0.05, 0) is 39.7 Å². The summed E-state index contributed by atoms with van der Waals surface area (Å²) in [5.41, 5.74) is -0.295. The summed E-state index contributed by atoms with van der Waals surface area (Å²) in [6.45, 7) is 10.2. The molecule has 0 aliphatic carbocycles. The Morgan fingerprint density at radius 2 is 2.11 bits per heavy atom. The molecular weight excluding hydrogens is 230 g/mol. The summed E-state index contributed by atoms with van der Waals surface area (Å²) in [5.74, 6) is -0.112. The van der Waals surface area contributed by atoms with E-state index >= 15 is 0 Å². The summed E-state index contributed by atoms with van der Waals surface area (Å²) < 4.78 is 11.0. The van der Waals surface area contributed by atoms with Crippen molar-refractivity contribution in [1.82, 2.24) is 5.32 Å². The number of esters is 1. The number of hydrogen-bond donors (Lipinski definition) is 1. The van der Waals surface area contributed by atoms with Gasteiger partial charge < -0.3 is 14.8 Å². The van der Waals surface area contributed by atoms with E-state index in [9.17, 15) is 4.79 Å². The van der Waals surface area contributed by atoms with Crippen LogP contribution in [-0.2, 0) is 14.3 Å². The fourth-order valence-electron chi connectivity index (χ4n) is 2.80. The largest absolute Gasteiger partial charge is 0.466 e. The zero-order valence-electron chi connectivity index (χ0n) is 12.2. The van der Waals surface area contributed by atoms with Crippen molar-refractivity contribution in [2.45, 2.75) is 64.5 Å². The maximum absolute atomic E-state index is 11.8. The maximum atomic E-state index is 11.8. The van der Waals surface area contributed by atoms with Gasteiger partial charge in [-0.3, -0.25) is 4.79 Å². The van der Waals surface area contributed by atoms with Crippen molar-refractivity contribution in [3.8, 4) is 0 Å². The Labute approximate surface area is 110 Å². The van der Waals surface area contributed by atoms with Crippen LogP contribution >= 0.6 is 0 Å². The Kier molecular flexibility index (Phi) is 5.60. The molecule has 0 radical (unpaired) electrons. The number of nitrogens with one attached hydrogen (secondary N) is 1. The van der Waals surface area contributed by atoms with Gasteiger partial charge in [-0.2, -0.15) is 0 Å². The van der Waals surface area contributed by atoms with E-state index in [0.29, 0.717) is 19.6 Å². The summed E-state index contributed by atoms with van der Waals surface area (Å²) in [7, 11) is 0. The second-order valence-corrected chi connectivity index (χ2v) is 5.37. The molecule has 106 valence electrons. The lowest BCUT2D eigenvalue weighted by molar-refractivity contribution is -0.149. The minimum Gasteiger partial charge on any atom is -0.466 e. The molecule has 1 fully saturated rings. The lowest BCUT2D eigenvalue weighted by Crippen LogP contribution is -2.56. The predicted molar refractivity (Wildman–Crippen MR) is 71.5 cm³/mol. The van der Waals surface area contributed by atoms with Crippen LogP contribution in [0.2, 0.25) is 0 Å². The van der Waals surface area contributed by atoms with Crippen LogP contribution in [0.5, 0.6) is 0 Å². The molecule has 1 aliphatic heterocycles. The van der Waals surface area contributed by atoms with E-state index < -0.39 is 0 Å². The van der Waals surface area contributed by atoms with Crippen LogP contribution in [0.1, 0.15) is 53.4 Å². The standard InChI is InChI=1S/C14H27NO3/c1-5-13(4)11-14(15-6-2,8-9-18-13)10-12(16)17-7-3/h15H,5-11H2,1-4H3. The van der Waals surface area contributed by atoms with Gasteiger partial charge in [-0.15, -0.1) is 0 Å². The van der Waals surface area contributed by atoms with E-state index in [1.807, 2.05) is 6.92 Å². The quantitative estimate of drug-likeness (QED) is 0.742. The molecule has 1 saturated heterocycles. The van der Waals surface area contributed by atoms with Crippen LogP contribution < -0.4 is 5.32 Å². The molecule has 0 amide bonds. The van der Waals surface area contributed by atoms with Gasteiger partial charge in [0.2, 0.25) is 0 Å². The SMILES string of the molecule is CCNC1(CC(=O)OCC)CCOC(C)(CC)C1. The zero-order valence-corrected chi connectivity index (χ0v) is 12.2. The maximum Gasteiger partial charge on any atom is 0.307 e. The number of rotatable bonds is 6. The molecule has 2 atom stereocenters. The van der Waals surface area contributed by atoms with Crippen LogP contribution in [0.25, 0.3) is 0 Å². The summed E-state index contributed by atoms with van der Waals surface area (Å²) in [6, 6.07) is 0. The number of ether oxygens (including phenoxy) is 2. The van der Waals surface area contributed by atoms with Crippen molar-refractivity contribution in [1.29, 1.82) is 0 Å². The minimum atomic E-state index is -0.163. The molecule has 0 spiro atoms. The fraction of sp³-hybridized carbons (Fsp3) is 0.929. The highest BCUT2D eigenvalue weighted by Crippen LogP contribution is 2.36. The molecule has 1 heterocycles. The van der Waals surface area contributed by atoms with Gasteiger partial charge in [0.25, 0.3) is 0 Å². The van der Waals surface area contributed by atoms with Crippen molar-refractivity contribution in [3.05, 3.63) is 0 Å². The van der Waals surface area contributed by atoms with Crippen LogP contribution in [0.15, 0.2) is 0 Å². The third kappa shape index (κ3) is 3.95. The average molecular weight is 257 g/mol. The van der Waals surface area contributed by atoms with Crippen LogP contribution in [0.3, 0.4) is 0 Å². The lowest BCUT2D eigenvalue weighted by Gasteiger charge is -2.46. The van der Waals surface area contributed by atoms with Gasteiger partial charge in [-0.1, -0.05) is 13.8 Å². The molecule has 0 aromatic heterocycles. The van der Waals surface area contributed by atoms with Gasteiger partial charge in [0.15, 0.2) is 0 Å². The van der Waals surface area contributed by atoms with Gasteiger partial charge in [-0.25, -0.2) is 0 Å². The highest BCUT2D eigenvalue weighted by molar-refractivity contribution is 5.71. The van der Waals surface area contributed by atoms with Crippen molar-refractivity contribution in [2.24, 2.45) is 0 Å². The zero-order chi connectivity index (χ0) is 13.6. The Balaban J connectivity index is 2.76. The molecule has 0 saturated carbocycles. The summed E-state index contributed by atoms with van der Waals surface area (Å²) in [5, 5.41) is 3.50. The summed E-state index contributed by atoms with van der Waals surface area (Å²) >= 11 is 0. The van der Waals surface area contributed by atoms with E-state index in [0.717, 1.165) is 25.8 Å². The van der Waals surface area contributed by atoms with E-state index in [4.69, 9.17) is 9.47 Å². The van der Waals surface area contributed by atoms with E-state index in [1.165, 1.54) is 0 Å². The third-order valence-corrected chi connectivity index (χ3v) is 3.83. The smallest absolute Gasteiger partial charge is 0.307 e. The predicted octanol–water partition coefficient (Wildman–Crippen LogP) is 2.27. The molecule has 0 aromatic rings. The second kappa shape index (κ2) is 6.53. The van der Waals surface area contributed by atoms with Crippen molar-refractivity contribution in [3.63, 3.8) is 0 Å². The number of carbonyl (C=O) groups excluding carboxylic acids is 1. The topological polar surface area (TPSA) is 47.6 Å². The molecule has 1 aliphatic rings. The Bertz CT molecular complexity index is 278. The van der Waals surface area contributed by atoms with Gasteiger partial charge in [0.1, 0.15) is 0 Å². The molecule has 0 bridgehead atoms. The van der Waals surface area contributed by atoms with Gasteiger partial charge in [0, 0.05) is 12.1 Å². The van der Waals surface area contributed by atoms with Crippen LogP contribution in [0.4, 0.5) is 0 Å². The van der Waals surface area contributed by atoms with Gasteiger partial charge >= 0.3 is 5.97 Å². The summed E-state index contributed by atoms with van der Waals surface area (Å²) in [4.78, 5) is 11.8.